The minimum Gasteiger partial charge on any atom is -0.459 e. The Balaban J connectivity index is 1.74. The van der Waals surface area contributed by atoms with E-state index < -0.39 is 38.6 Å². The van der Waals surface area contributed by atoms with Crippen LogP contribution in [0.5, 0.6) is 0 Å². The van der Waals surface area contributed by atoms with Crippen molar-refractivity contribution < 1.29 is 31.9 Å². The van der Waals surface area contributed by atoms with Gasteiger partial charge in [0.15, 0.2) is 0 Å². The molecule has 28 heavy (non-hydrogen) atoms. The van der Waals surface area contributed by atoms with E-state index >= 15 is 0 Å². The van der Waals surface area contributed by atoms with Crippen molar-refractivity contribution in [3.8, 4) is 0 Å². The standard InChI is InChI=1S/C15H17N3O8S2/c1-28(23,24)26-15(7-17-12(19)11(16)13(17)27-8-15)14(20)25-6-9-2-4-10(5-3-9)18(21)22/h2-5,11,13H,6-8,16H2,1H3/t11?,13-,15?/m1/s1. The molecule has 0 saturated carbocycles. The van der Waals surface area contributed by atoms with Crippen LogP contribution >= 0.6 is 11.8 Å². The maximum Gasteiger partial charge on any atom is 0.343 e. The first-order valence-electron chi connectivity index (χ1n) is 8.01. The molecule has 1 aromatic carbocycles. The monoisotopic (exact) mass is 431 g/mol. The topological polar surface area (TPSA) is 159 Å². The molecule has 152 valence electrons. The van der Waals surface area contributed by atoms with Gasteiger partial charge in [0, 0.05) is 17.9 Å². The molecule has 2 heterocycles. The number of nitro benzene ring substituents is 1. The van der Waals surface area contributed by atoms with Crippen LogP contribution in [0.2, 0.25) is 0 Å². The molecule has 0 spiro atoms. The Kier molecular flexibility index (Phi) is 5.36. The maximum absolute atomic E-state index is 12.7. The lowest BCUT2D eigenvalue weighted by Gasteiger charge is -2.52. The highest BCUT2D eigenvalue weighted by atomic mass is 32.2. The third kappa shape index (κ3) is 3.97. The Morgan fingerprint density at radius 1 is 1.43 bits per heavy atom. The minimum atomic E-state index is -4.03. The van der Waals surface area contributed by atoms with Crippen LogP contribution in [0.4, 0.5) is 5.69 Å². The first-order chi connectivity index (χ1) is 13.0. The lowest BCUT2D eigenvalue weighted by molar-refractivity contribution is -0.384. The summed E-state index contributed by atoms with van der Waals surface area (Å²) in [4.78, 5) is 36.0. The van der Waals surface area contributed by atoms with Gasteiger partial charge in [-0.3, -0.25) is 14.9 Å². The molecule has 0 aliphatic carbocycles. The largest absolute Gasteiger partial charge is 0.459 e. The quantitative estimate of drug-likeness (QED) is 0.206. The molecule has 3 atom stereocenters. The molecule has 0 radical (unpaired) electrons. The SMILES string of the molecule is CS(=O)(=O)OC1(C(=O)OCc2ccc([N+](=O)[O-])cc2)CS[C@@H]2C(N)C(=O)N2C1. The molecule has 2 saturated heterocycles. The van der Waals surface area contributed by atoms with Gasteiger partial charge in [-0.2, -0.15) is 8.42 Å². The molecule has 2 aliphatic heterocycles. The molecular weight excluding hydrogens is 414 g/mol. The predicted octanol–water partition coefficient (Wildman–Crippen LogP) is -0.405. The number of amides is 1. The van der Waals surface area contributed by atoms with Crippen molar-refractivity contribution >= 4 is 39.4 Å². The number of β-lactam (4-membered cyclic amide) rings is 1. The summed E-state index contributed by atoms with van der Waals surface area (Å²) in [5.41, 5.74) is 4.17. The van der Waals surface area contributed by atoms with Crippen LogP contribution in [0.1, 0.15) is 5.56 Å². The number of hydrogen-bond donors (Lipinski definition) is 1. The summed E-state index contributed by atoms with van der Waals surface area (Å²) in [6.07, 6.45) is 0.804. The highest BCUT2D eigenvalue weighted by molar-refractivity contribution is 8.00. The van der Waals surface area contributed by atoms with Crippen molar-refractivity contribution in [3.63, 3.8) is 0 Å². The number of hydrogen-bond acceptors (Lipinski definition) is 10. The van der Waals surface area contributed by atoms with Crippen molar-refractivity contribution in [1.82, 2.24) is 4.90 Å². The molecule has 0 bridgehead atoms. The number of rotatable bonds is 6. The fourth-order valence-corrected chi connectivity index (χ4v) is 5.17. The highest BCUT2D eigenvalue weighted by Gasteiger charge is 2.58. The van der Waals surface area contributed by atoms with Crippen LogP contribution in [0.3, 0.4) is 0 Å². The molecule has 1 amide bonds. The van der Waals surface area contributed by atoms with Crippen molar-refractivity contribution in [2.45, 2.75) is 23.6 Å². The zero-order valence-corrected chi connectivity index (χ0v) is 16.3. The number of benzene rings is 1. The molecule has 11 nitrogen and oxygen atoms in total. The van der Waals surface area contributed by atoms with Crippen molar-refractivity contribution in [1.29, 1.82) is 0 Å². The number of nitro groups is 1. The lowest BCUT2D eigenvalue weighted by Crippen LogP contribution is -2.74. The number of ether oxygens (including phenoxy) is 1. The Labute approximate surface area is 164 Å². The van der Waals surface area contributed by atoms with Gasteiger partial charge in [0.25, 0.3) is 15.8 Å². The van der Waals surface area contributed by atoms with E-state index in [0.29, 0.717) is 5.56 Å². The summed E-state index contributed by atoms with van der Waals surface area (Å²) < 4.78 is 33.7. The Morgan fingerprint density at radius 3 is 2.64 bits per heavy atom. The number of esters is 1. The summed E-state index contributed by atoms with van der Waals surface area (Å²) in [6.45, 7) is -0.531. The van der Waals surface area contributed by atoms with Gasteiger partial charge in [0.05, 0.1) is 17.7 Å². The second-order valence-electron chi connectivity index (χ2n) is 6.47. The third-order valence-corrected chi connectivity index (χ3v) is 6.44. The summed E-state index contributed by atoms with van der Waals surface area (Å²) in [7, 11) is -4.03. The Bertz CT molecular complexity index is 920. The van der Waals surface area contributed by atoms with Gasteiger partial charge in [-0.1, -0.05) is 0 Å². The van der Waals surface area contributed by atoms with Gasteiger partial charge >= 0.3 is 5.97 Å². The fourth-order valence-electron chi connectivity index (χ4n) is 2.94. The van der Waals surface area contributed by atoms with Crippen molar-refractivity contribution in [2.75, 3.05) is 18.6 Å². The second-order valence-corrected chi connectivity index (χ2v) is 9.15. The van der Waals surface area contributed by atoms with Crippen molar-refractivity contribution in [3.05, 3.63) is 39.9 Å². The number of carbonyl (C=O) groups excluding carboxylic acids is 2. The smallest absolute Gasteiger partial charge is 0.343 e. The van der Waals surface area contributed by atoms with Crippen LogP contribution in [-0.4, -0.2) is 65.7 Å². The minimum absolute atomic E-state index is 0.0543. The van der Waals surface area contributed by atoms with Gasteiger partial charge in [0.2, 0.25) is 11.5 Å². The Morgan fingerprint density at radius 2 is 2.07 bits per heavy atom. The van der Waals surface area contributed by atoms with Crippen LogP contribution in [0.25, 0.3) is 0 Å². The lowest BCUT2D eigenvalue weighted by atomic mass is 10.00. The normalized spacial score (nSPS) is 26.9. The predicted molar refractivity (Wildman–Crippen MR) is 97.5 cm³/mol. The molecule has 2 fully saturated rings. The summed E-state index contributed by atoms with van der Waals surface area (Å²) in [6, 6.07) is 4.65. The number of nitrogens with two attached hydrogens (primary N) is 1. The van der Waals surface area contributed by atoms with Gasteiger partial charge in [0.1, 0.15) is 18.0 Å². The number of fused-ring (bicyclic) bond motifs is 1. The molecule has 2 N–H and O–H groups in total. The summed E-state index contributed by atoms with van der Waals surface area (Å²) >= 11 is 1.14. The number of carbonyl (C=O) groups is 2. The zero-order chi connectivity index (χ0) is 20.7. The molecular formula is C15H17N3O8S2. The van der Waals surface area contributed by atoms with Gasteiger partial charge < -0.3 is 15.4 Å². The van der Waals surface area contributed by atoms with E-state index in [1.807, 2.05) is 0 Å². The zero-order valence-electron chi connectivity index (χ0n) is 14.6. The molecule has 0 aromatic heterocycles. The molecule has 2 unspecified atom stereocenters. The molecule has 3 rings (SSSR count). The van der Waals surface area contributed by atoms with Crippen molar-refractivity contribution in [2.24, 2.45) is 5.73 Å². The first-order valence-corrected chi connectivity index (χ1v) is 10.9. The number of non-ortho nitro benzene ring substituents is 1. The summed E-state index contributed by atoms with van der Waals surface area (Å²) in [5, 5.41) is 10.3. The number of nitrogens with zero attached hydrogens (tertiary/aromatic N) is 2. The second kappa shape index (κ2) is 7.31. The molecule has 2 aliphatic rings. The van der Waals surface area contributed by atoms with E-state index in [9.17, 15) is 28.1 Å². The third-order valence-electron chi connectivity index (χ3n) is 4.30. The van der Waals surface area contributed by atoms with Crippen LogP contribution in [0.15, 0.2) is 24.3 Å². The van der Waals surface area contributed by atoms with Crippen LogP contribution in [-0.2, 0) is 35.2 Å². The van der Waals surface area contributed by atoms with E-state index in [1.54, 1.807) is 0 Å². The molecule has 13 heteroatoms. The molecule has 1 aromatic rings. The van der Waals surface area contributed by atoms with Gasteiger partial charge in [-0.25, -0.2) is 8.98 Å². The van der Waals surface area contributed by atoms with Gasteiger partial charge in [-0.15, -0.1) is 11.8 Å². The average molecular weight is 431 g/mol. The van der Waals surface area contributed by atoms with E-state index in [0.717, 1.165) is 18.0 Å². The van der Waals surface area contributed by atoms with Gasteiger partial charge in [-0.05, 0) is 17.7 Å². The highest BCUT2D eigenvalue weighted by Crippen LogP contribution is 2.40. The Hall–Kier alpha value is -2.22. The number of thioether (sulfide) groups is 1. The van der Waals surface area contributed by atoms with E-state index in [2.05, 4.69) is 0 Å². The first kappa shape index (κ1) is 20.5. The van der Waals surface area contributed by atoms with E-state index in [-0.39, 0.29) is 30.0 Å². The van der Waals surface area contributed by atoms with Crippen LogP contribution in [0, 0.1) is 10.1 Å². The fraction of sp³-hybridized carbons (Fsp3) is 0.467. The van der Waals surface area contributed by atoms with Crippen LogP contribution < -0.4 is 5.73 Å². The maximum atomic E-state index is 12.7. The van der Waals surface area contributed by atoms with E-state index in [4.69, 9.17) is 14.7 Å². The van der Waals surface area contributed by atoms with E-state index in [1.165, 1.54) is 29.2 Å². The summed E-state index contributed by atoms with van der Waals surface area (Å²) in [5.74, 6) is -1.40. The average Bonchev–Trinajstić information content (AvgIpc) is 2.64.